The maximum Gasteiger partial charge on any atom is 0.437 e. The van der Waals surface area contributed by atoms with Gasteiger partial charge in [0, 0.05) is 5.69 Å². The van der Waals surface area contributed by atoms with Gasteiger partial charge in [0.2, 0.25) is 10.0 Å². The van der Waals surface area contributed by atoms with Gasteiger partial charge in [-0.3, -0.25) is 10.2 Å². The fourth-order valence-electron chi connectivity index (χ4n) is 1.29. The molecule has 0 saturated carbocycles. The minimum atomic E-state index is -3.78. The predicted octanol–water partition coefficient (Wildman–Crippen LogP) is 1.76. The number of amides is 1. The van der Waals surface area contributed by atoms with Crippen molar-refractivity contribution < 1.29 is 18.0 Å². The Morgan fingerprint density at radius 3 is 2.58 bits per heavy atom. The number of nitrogens with zero attached hydrogens (tertiary/aromatic N) is 1. The van der Waals surface area contributed by atoms with Gasteiger partial charge in [-0.15, -0.1) is 0 Å². The maximum absolute atomic E-state index is 11.3. The summed E-state index contributed by atoms with van der Waals surface area (Å²) in [4.78, 5) is 15.7. The lowest BCUT2D eigenvalue weighted by atomic mass is 10.2. The standard InChI is InChI=1S/C10H12ClN3O4S/c1-6-5-8(3-4-9(6)19(12,16)17)13-10(15)18-14-7(2)11/h3-5H,1-2H3,(H,13,15)(H2,12,16,17)/b14-7+. The molecule has 0 heterocycles. The molecular weight excluding hydrogens is 294 g/mol. The number of primary sulfonamides is 1. The zero-order chi connectivity index (χ0) is 14.6. The Kier molecular flexibility index (Phi) is 4.87. The summed E-state index contributed by atoms with van der Waals surface area (Å²) >= 11 is 5.39. The van der Waals surface area contributed by atoms with E-state index >= 15 is 0 Å². The number of sulfonamides is 1. The predicted molar refractivity (Wildman–Crippen MR) is 71.6 cm³/mol. The Morgan fingerprint density at radius 2 is 2.11 bits per heavy atom. The molecule has 0 unspecified atom stereocenters. The molecule has 0 saturated heterocycles. The highest BCUT2D eigenvalue weighted by molar-refractivity contribution is 7.89. The van der Waals surface area contributed by atoms with Crippen LogP contribution in [0.15, 0.2) is 28.3 Å². The first-order valence-corrected chi connectivity index (χ1v) is 6.94. The van der Waals surface area contributed by atoms with Gasteiger partial charge in [0.25, 0.3) is 0 Å². The smallest absolute Gasteiger partial charge is 0.297 e. The number of oxime groups is 1. The van der Waals surface area contributed by atoms with Gasteiger partial charge in [-0.2, -0.15) is 0 Å². The second-order valence-electron chi connectivity index (χ2n) is 3.62. The highest BCUT2D eigenvalue weighted by Gasteiger charge is 2.12. The zero-order valence-electron chi connectivity index (χ0n) is 10.2. The van der Waals surface area contributed by atoms with Crippen LogP contribution in [-0.4, -0.2) is 19.7 Å². The van der Waals surface area contributed by atoms with Crippen LogP contribution in [0.5, 0.6) is 0 Å². The lowest BCUT2D eigenvalue weighted by molar-refractivity contribution is 0.167. The summed E-state index contributed by atoms with van der Waals surface area (Å²) in [5.41, 5.74) is 0.745. The van der Waals surface area contributed by atoms with E-state index in [9.17, 15) is 13.2 Å². The number of carbonyl (C=O) groups is 1. The third-order valence-corrected chi connectivity index (χ3v) is 3.12. The summed E-state index contributed by atoms with van der Waals surface area (Å²) in [5.74, 6) is 0. The number of rotatable bonds is 3. The highest BCUT2D eigenvalue weighted by atomic mass is 35.5. The van der Waals surface area contributed by atoms with Crippen LogP contribution in [-0.2, 0) is 14.9 Å². The summed E-state index contributed by atoms with van der Waals surface area (Å²) in [7, 11) is -3.78. The van der Waals surface area contributed by atoms with Crippen LogP contribution in [0.25, 0.3) is 0 Å². The second kappa shape index (κ2) is 6.00. The molecule has 19 heavy (non-hydrogen) atoms. The quantitative estimate of drug-likeness (QED) is 0.503. The average molecular weight is 306 g/mol. The van der Waals surface area contributed by atoms with Crippen molar-refractivity contribution in [1.82, 2.24) is 0 Å². The van der Waals surface area contributed by atoms with E-state index in [0.29, 0.717) is 11.3 Å². The number of aryl methyl sites for hydroxylation is 1. The van der Waals surface area contributed by atoms with Gasteiger partial charge in [0.15, 0.2) is 0 Å². The maximum atomic E-state index is 11.3. The molecule has 0 fully saturated rings. The van der Waals surface area contributed by atoms with E-state index < -0.39 is 16.1 Å². The zero-order valence-corrected chi connectivity index (χ0v) is 11.7. The second-order valence-corrected chi connectivity index (χ2v) is 5.69. The van der Waals surface area contributed by atoms with Crippen molar-refractivity contribution >= 4 is 38.6 Å². The Balaban J connectivity index is 2.85. The van der Waals surface area contributed by atoms with Gasteiger partial charge < -0.3 is 0 Å². The van der Waals surface area contributed by atoms with Crippen LogP contribution in [0.2, 0.25) is 0 Å². The molecule has 1 amide bonds. The Morgan fingerprint density at radius 1 is 1.47 bits per heavy atom. The van der Waals surface area contributed by atoms with E-state index in [2.05, 4.69) is 15.3 Å². The van der Waals surface area contributed by atoms with Crippen LogP contribution in [0.1, 0.15) is 12.5 Å². The molecule has 0 bridgehead atoms. The van der Waals surface area contributed by atoms with E-state index in [1.807, 2.05) is 0 Å². The lowest BCUT2D eigenvalue weighted by Gasteiger charge is -2.07. The van der Waals surface area contributed by atoms with Gasteiger partial charge in [0.05, 0.1) is 4.90 Å². The van der Waals surface area contributed by atoms with Crippen molar-refractivity contribution in [3.05, 3.63) is 23.8 Å². The fraction of sp³-hybridized carbons (Fsp3) is 0.200. The largest absolute Gasteiger partial charge is 0.437 e. The minimum Gasteiger partial charge on any atom is -0.297 e. The molecule has 0 aliphatic carbocycles. The van der Waals surface area contributed by atoms with E-state index in [1.54, 1.807) is 6.92 Å². The molecular formula is C10H12ClN3O4S. The molecule has 3 N–H and O–H groups in total. The number of carbonyl (C=O) groups excluding carboxylic acids is 1. The molecule has 7 nitrogen and oxygen atoms in total. The van der Waals surface area contributed by atoms with Crippen LogP contribution in [0, 0.1) is 6.92 Å². The first kappa shape index (κ1) is 15.4. The molecule has 0 radical (unpaired) electrons. The number of anilines is 1. The summed E-state index contributed by atoms with van der Waals surface area (Å²) in [6.45, 7) is 3.00. The highest BCUT2D eigenvalue weighted by Crippen LogP contribution is 2.18. The van der Waals surface area contributed by atoms with Crippen LogP contribution >= 0.6 is 11.6 Å². The molecule has 0 aliphatic heterocycles. The summed E-state index contributed by atoms with van der Waals surface area (Å²) in [6.07, 6.45) is -0.845. The molecule has 0 spiro atoms. The van der Waals surface area contributed by atoms with E-state index in [-0.39, 0.29) is 10.1 Å². The topological polar surface area (TPSA) is 111 Å². The number of nitrogens with one attached hydrogen (secondary N) is 1. The Labute approximate surface area is 115 Å². The third-order valence-electron chi connectivity index (χ3n) is 1.98. The molecule has 0 aliphatic rings. The monoisotopic (exact) mass is 305 g/mol. The van der Waals surface area contributed by atoms with Crippen molar-refractivity contribution in [2.24, 2.45) is 10.3 Å². The van der Waals surface area contributed by atoms with Crippen molar-refractivity contribution in [1.29, 1.82) is 0 Å². The van der Waals surface area contributed by atoms with Crippen LogP contribution in [0.4, 0.5) is 10.5 Å². The summed E-state index contributed by atoms with van der Waals surface area (Å²) in [5, 5.41) is 10.7. The Bertz CT molecular complexity index is 624. The molecule has 0 atom stereocenters. The molecule has 1 aromatic rings. The first-order chi connectivity index (χ1) is 8.70. The lowest BCUT2D eigenvalue weighted by Crippen LogP contribution is -2.15. The SMILES string of the molecule is C/C(Cl)=N\OC(=O)Nc1ccc(S(N)(=O)=O)c(C)c1. The number of hydrogen-bond acceptors (Lipinski definition) is 5. The average Bonchev–Trinajstić information content (AvgIpc) is 2.24. The van der Waals surface area contributed by atoms with Crippen molar-refractivity contribution in [2.45, 2.75) is 18.7 Å². The first-order valence-electron chi connectivity index (χ1n) is 5.01. The van der Waals surface area contributed by atoms with Crippen molar-refractivity contribution in [2.75, 3.05) is 5.32 Å². The Hall–Kier alpha value is -1.64. The van der Waals surface area contributed by atoms with Crippen LogP contribution in [0.3, 0.4) is 0 Å². The van der Waals surface area contributed by atoms with Gasteiger partial charge >= 0.3 is 6.09 Å². The summed E-state index contributed by atoms with van der Waals surface area (Å²) < 4.78 is 22.4. The van der Waals surface area contributed by atoms with Crippen molar-refractivity contribution in [3.8, 4) is 0 Å². The summed E-state index contributed by atoms with van der Waals surface area (Å²) in [6, 6.07) is 4.11. The minimum absolute atomic E-state index is 0.0129. The number of halogens is 1. The van der Waals surface area contributed by atoms with E-state index in [1.165, 1.54) is 25.1 Å². The van der Waals surface area contributed by atoms with Gasteiger partial charge in [-0.1, -0.05) is 16.8 Å². The van der Waals surface area contributed by atoms with Gasteiger partial charge in [-0.05, 0) is 37.6 Å². The molecule has 0 aromatic heterocycles. The fourth-order valence-corrected chi connectivity index (χ4v) is 2.09. The number of nitrogens with two attached hydrogens (primary N) is 1. The third kappa shape index (κ3) is 4.86. The van der Waals surface area contributed by atoms with Crippen molar-refractivity contribution in [3.63, 3.8) is 0 Å². The molecule has 1 rings (SSSR count). The molecule has 9 heteroatoms. The van der Waals surface area contributed by atoms with Gasteiger partial charge in [0.1, 0.15) is 5.17 Å². The number of benzene rings is 1. The molecule has 104 valence electrons. The van der Waals surface area contributed by atoms with E-state index in [0.717, 1.165) is 0 Å². The number of hydrogen-bond donors (Lipinski definition) is 2. The normalized spacial score (nSPS) is 12.1. The van der Waals surface area contributed by atoms with E-state index in [4.69, 9.17) is 16.7 Å². The molecule has 1 aromatic carbocycles. The van der Waals surface area contributed by atoms with Crippen LogP contribution < -0.4 is 10.5 Å². The van der Waals surface area contributed by atoms with Gasteiger partial charge in [-0.25, -0.2) is 18.4 Å².